The molecule has 1 fully saturated rings. The largest absolute Gasteiger partial charge is 0.338 e. The van der Waals surface area contributed by atoms with Gasteiger partial charge in [-0.1, -0.05) is 18.2 Å². The second-order valence-electron chi connectivity index (χ2n) is 7.48. The van der Waals surface area contributed by atoms with Gasteiger partial charge in [-0.3, -0.25) is 14.8 Å². The summed E-state index contributed by atoms with van der Waals surface area (Å²) in [5.41, 5.74) is 4.69. The Morgan fingerprint density at radius 3 is 2.67 bits per heavy atom. The van der Waals surface area contributed by atoms with Crippen molar-refractivity contribution in [1.29, 1.82) is 0 Å². The molecule has 1 spiro atoms. The summed E-state index contributed by atoms with van der Waals surface area (Å²) in [6.45, 7) is 1.17. The smallest absolute Gasteiger partial charge is 0.274 e. The summed E-state index contributed by atoms with van der Waals surface area (Å²) in [6, 6.07) is 11.6. The van der Waals surface area contributed by atoms with E-state index >= 15 is 0 Å². The number of aryl methyl sites for hydroxylation is 1. The molecule has 0 saturated carbocycles. The molecule has 2 aliphatic rings. The van der Waals surface area contributed by atoms with E-state index in [0.717, 1.165) is 36.0 Å². The minimum absolute atomic E-state index is 0.134. The highest BCUT2D eigenvalue weighted by molar-refractivity contribution is 5.93. The third-order valence-corrected chi connectivity index (χ3v) is 5.86. The number of hydrogen-bond donors (Lipinski definition) is 2. The number of rotatable bonds is 3. The van der Waals surface area contributed by atoms with E-state index in [9.17, 15) is 14.0 Å². The Labute approximate surface area is 156 Å². The number of nitrogens with zero attached hydrogens (tertiary/aromatic N) is 1. The Hall–Kier alpha value is -2.73. The zero-order valence-electron chi connectivity index (χ0n) is 14.9. The van der Waals surface area contributed by atoms with Crippen molar-refractivity contribution in [3.63, 3.8) is 0 Å². The van der Waals surface area contributed by atoms with Crippen LogP contribution in [0.15, 0.2) is 42.5 Å². The molecular formula is C21H21FN2O3. The molecule has 1 saturated heterocycles. The first kappa shape index (κ1) is 17.7. The highest BCUT2D eigenvalue weighted by atomic mass is 19.1. The fourth-order valence-corrected chi connectivity index (χ4v) is 4.32. The molecule has 4 rings (SSSR count). The van der Waals surface area contributed by atoms with E-state index < -0.39 is 11.3 Å². The molecule has 27 heavy (non-hydrogen) atoms. The first-order valence-electron chi connectivity index (χ1n) is 9.11. The van der Waals surface area contributed by atoms with E-state index in [4.69, 9.17) is 5.21 Å². The fourth-order valence-electron chi connectivity index (χ4n) is 4.32. The predicted octanol–water partition coefficient (Wildman–Crippen LogP) is 2.85. The van der Waals surface area contributed by atoms with Crippen LogP contribution in [0.1, 0.15) is 39.9 Å². The van der Waals surface area contributed by atoms with Gasteiger partial charge in [-0.2, -0.15) is 0 Å². The highest BCUT2D eigenvalue weighted by Crippen LogP contribution is 2.44. The van der Waals surface area contributed by atoms with E-state index in [1.807, 2.05) is 11.0 Å². The fraction of sp³-hybridized carbons (Fsp3) is 0.333. The van der Waals surface area contributed by atoms with Crippen LogP contribution in [0.2, 0.25) is 0 Å². The molecule has 140 valence electrons. The van der Waals surface area contributed by atoms with Gasteiger partial charge in [0.2, 0.25) is 5.91 Å². The Balaban J connectivity index is 1.54. The van der Waals surface area contributed by atoms with Crippen LogP contribution in [-0.2, 0) is 24.2 Å². The minimum Gasteiger partial charge on any atom is -0.338 e. The standard InChI is InChI=1S/C21H21FN2O3/c22-18-5-1-14(2-6-18)13-24-10-9-21(20(24)26)8-7-15-3-4-16(19(25)23-27)11-17(15)12-21/h1-6,11,27H,7-10,12-13H2,(H,23,25)/t21-/m0/s1. The molecule has 1 aliphatic heterocycles. The number of carbonyl (C=O) groups excluding carboxylic acids is 2. The number of nitrogens with one attached hydrogen (secondary N) is 1. The molecule has 5 nitrogen and oxygen atoms in total. The highest BCUT2D eigenvalue weighted by Gasteiger charge is 2.47. The van der Waals surface area contributed by atoms with Crippen LogP contribution in [0.25, 0.3) is 0 Å². The van der Waals surface area contributed by atoms with Gasteiger partial charge in [0, 0.05) is 18.7 Å². The third kappa shape index (κ3) is 3.21. The van der Waals surface area contributed by atoms with E-state index in [1.165, 1.54) is 12.1 Å². The lowest BCUT2D eigenvalue weighted by molar-refractivity contribution is -0.137. The second kappa shape index (κ2) is 6.78. The van der Waals surface area contributed by atoms with Crippen molar-refractivity contribution in [2.45, 2.75) is 32.2 Å². The van der Waals surface area contributed by atoms with Crippen LogP contribution in [0.3, 0.4) is 0 Å². The summed E-state index contributed by atoms with van der Waals surface area (Å²) in [7, 11) is 0. The molecule has 0 aromatic heterocycles. The molecule has 2 amide bonds. The molecule has 6 heteroatoms. The summed E-state index contributed by atoms with van der Waals surface area (Å²) >= 11 is 0. The Morgan fingerprint density at radius 2 is 1.93 bits per heavy atom. The number of hydroxylamine groups is 1. The van der Waals surface area contributed by atoms with E-state index in [-0.39, 0.29) is 11.7 Å². The minimum atomic E-state index is -0.548. The third-order valence-electron chi connectivity index (χ3n) is 5.86. The molecule has 1 atom stereocenters. The van der Waals surface area contributed by atoms with Crippen molar-refractivity contribution >= 4 is 11.8 Å². The maximum absolute atomic E-state index is 13.2. The van der Waals surface area contributed by atoms with Crippen molar-refractivity contribution in [2.75, 3.05) is 6.54 Å². The summed E-state index contributed by atoms with van der Waals surface area (Å²) in [5, 5.41) is 8.85. The van der Waals surface area contributed by atoms with Gasteiger partial charge < -0.3 is 4.90 Å². The Bertz CT molecular complexity index is 897. The SMILES string of the molecule is O=C(NO)c1ccc2c(c1)C[C@]1(CC2)CCN(Cc2ccc(F)cc2)C1=O. The Kier molecular flexibility index (Phi) is 4.44. The number of amides is 2. The summed E-state index contributed by atoms with van der Waals surface area (Å²) in [5.74, 6) is -0.697. The number of fused-ring (bicyclic) bond motifs is 1. The quantitative estimate of drug-likeness (QED) is 0.647. The van der Waals surface area contributed by atoms with Gasteiger partial charge in [-0.15, -0.1) is 0 Å². The number of carbonyl (C=O) groups is 2. The van der Waals surface area contributed by atoms with Gasteiger partial charge in [0.15, 0.2) is 0 Å². The van der Waals surface area contributed by atoms with Crippen LogP contribution < -0.4 is 5.48 Å². The van der Waals surface area contributed by atoms with Gasteiger partial charge in [0.25, 0.3) is 5.91 Å². The van der Waals surface area contributed by atoms with Crippen molar-refractivity contribution < 1.29 is 19.2 Å². The van der Waals surface area contributed by atoms with Crippen LogP contribution >= 0.6 is 0 Å². The number of likely N-dealkylation sites (tertiary alicyclic amines) is 1. The molecule has 1 heterocycles. The van der Waals surface area contributed by atoms with Crippen molar-refractivity contribution in [3.05, 3.63) is 70.5 Å². The van der Waals surface area contributed by atoms with Crippen molar-refractivity contribution in [1.82, 2.24) is 10.4 Å². The summed E-state index contributed by atoms with van der Waals surface area (Å²) in [4.78, 5) is 26.7. The molecule has 0 bridgehead atoms. The van der Waals surface area contributed by atoms with Gasteiger partial charge >= 0.3 is 0 Å². The first-order chi connectivity index (χ1) is 13.0. The summed E-state index contributed by atoms with van der Waals surface area (Å²) < 4.78 is 13.1. The molecule has 2 aromatic carbocycles. The molecule has 2 aromatic rings. The normalized spacial score (nSPS) is 21.4. The molecule has 0 unspecified atom stereocenters. The summed E-state index contributed by atoms with van der Waals surface area (Å²) in [6.07, 6.45) is 2.98. The lowest BCUT2D eigenvalue weighted by atomic mass is 9.70. The van der Waals surface area contributed by atoms with Crippen LogP contribution in [0.5, 0.6) is 0 Å². The Morgan fingerprint density at radius 1 is 1.15 bits per heavy atom. The number of hydrogen-bond acceptors (Lipinski definition) is 3. The first-order valence-corrected chi connectivity index (χ1v) is 9.11. The van der Waals surface area contributed by atoms with Crippen LogP contribution in [0, 0.1) is 11.2 Å². The van der Waals surface area contributed by atoms with Gasteiger partial charge in [0.05, 0.1) is 5.41 Å². The molecule has 0 radical (unpaired) electrons. The second-order valence-corrected chi connectivity index (χ2v) is 7.48. The maximum atomic E-state index is 13.2. The average molecular weight is 368 g/mol. The lowest BCUT2D eigenvalue weighted by Crippen LogP contribution is -2.38. The van der Waals surface area contributed by atoms with E-state index in [1.54, 1.807) is 29.7 Å². The predicted molar refractivity (Wildman–Crippen MR) is 96.6 cm³/mol. The average Bonchev–Trinajstić information content (AvgIpc) is 2.98. The van der Waals surface area contributed by atoms with E-state index in [0.29, 0.717) is 25.1 Å². The zero-order valence-corrected chi connectivity index (χ0v) is 14.9. The lowest BCUT2D eigenvalue weighted by Gasteiger charge is -2.33. The van der Waals surface area contributed by atoms with Crippen molar-refractivity contribution in [2.24, 2.45) is 5.41 Å². The topological polar surface area (TPSA) is 69.6 Å². The van der Waals surface area contributed by atoms with E-state index in [2.05, 4.69) is 0 Å². The van der Waals surface area contributed by atoms with Crippen molar-refractivity contribution in [3.8, 4) is 0 Å². The van der Waals surface area contributed by atoms with Gasteiger partial charge in [-0.05, 0) is 66.6 Å². The number of halogens is 1. The zero-order chi connectivity index (χ0) is 19.0. The van der Waals surface area contributed by atoms with Gasteiger partial charge in [0.1, 0.15) is 5.82 Å². The van der Waals surface area contributed by atoms with Crippen LogP contribution in [0.4, 0.5) is 4.39 Å². The maximum Gasteiger partial charge on any atom is 0.274 e. The van der Waals surface area contributed by atoms with Gasteiger partial charge in [-0.25, -0.2) is 9.87 Å². The molecule has 2 N–H and O–H groups in total. The molecular weight excluding hydrogens is 347 g/mol. The monoisotopic (exact) mass is 368 g/mol. The van der Waals surface area contributed by atoms with Crippen LogP contribution in [-0.4, -0.2) is 28.5 Å². The number of benzene rings is 2. The molecule has 1 aliphatic carbocycles.